The van der Waals surface area contributed by atoms with Crippen LogP contribution in [0.2, 0.25) is 5.02 Å². The molecule has 0 atom stereocenters. The minimum atomic E-state index is -0.585. The smallest absolute Gasteiger partial charge is 0.282 e. The van der Waals surface area contributed by atoms with Gasteiger partial charge in [-0.2, -0.15) is 4.99 Å². The molecule has 3 aromatic rings. The zero-order valence-electron chi connectivity index (χ0n) is 11.7. The number of aromatic nitrogens is 1. The van der Waals surface area contributed by atoms with Crippen LogP contribution in [0, 0.1) is 5.82 Å². The average molecular weight is 335 g/mol. The Labute approximate surface area is 135 Å². The van der Waals surface area contributed by atoms with E-state index < -0.39 is 11.7 Å². The quantitative estimate of drug-likeness (QED) is 0.689. The van der Waals surface area contributed by atoms with E-state index in [9.17, 15) is 9.18 Å². The van der Waals surface area contributed by atoms with Crippen LogP contribution in [-0.2, 0) is 6.54 Å². The van der Waals surface area contributed by atoms with Crippen LogP contribution in [0.15, 0.2) is 47.5 Å². The molecule has 0 aliphatic heterocycles. The van der Waals surface area contributed by atoms with E-state index in [1.807, 2.05) is 23.6 Å². The van der Waals surface area contributed by atoms with Gasteiger partial charge in [-0.1, -0.05) is 35.1 Å². The van der Waals surface area contributed by atoms with E-state index in [-0.39, 0.29) is 5.56 Å². The summed E-state index contributed by atoms with van der Waals surface area (Å²) in [5.41, 5.74) is 0.928. The zero-order chi connectivity index (χ0) is 15.7. The van der Waals surface area contributed by atoms with Gasteiger partial charge in [0.2, 0.25) is 0 Å². The van der Waals surface area contributed by atoms with E-state index in [0.717, 1.165) is 10.2 Å². The van der Waals surface area contributed by atoms with E-state index in [4.69, 9.17) is 11.6 Å². The molecule has 0 bridgehead atoms. The molecule has 0 N–H and O–H groups in total. The summed E-state index contributed by atoms with van der Waals surface area (Å²) in [5, 5.41) is 0.629. The van der Waals surface area contributed by atoms with Crippen LogP contribution < -0.4 is 4.80 Å². The van der Waals surface area contributed by atoms with E-state index in [1.54, 1.807) is 18.2 Å². The maximum atomic E-state index is 13.7. The molecule has 0 radical (unpaired) electrons. The molecule has 0 spiro atoms. The Balaban J connectivity index is 2.17. The van der Waals surface area contributed by atoms with Gasteiger partial charge in [0.05, 0.1) is 15.8 Å². The van der Waals surface area contributed by atoms with Crippen molar-refractivity contribution in [3.05, 3.63) is 63.7 Å². The molecule has 112 valence electrons. The van der Waals surface area contributed by atoms with E-state index in [0.29, 0.717) is 16.4 Å². The van der Waals surface area contributed by atoms with Gasteiger partial charge >= 0.3 is 0 Å². The minimum absolute atomic E-state index is 0.0272. The predicted molar refractivity (Wildman–Crippen MR) is 86.8 cm³/mol. The van der Waals surface area contributed by atoms with E-state index in [1.165, 1.54) is 23.5 Å². The first-order valence-corrected chi connectivity index (χ1v) is 7.92. The molecule has 1 aromatic heterocycles. The van der Waals surface area contributed by atoms with Crippen molar-refractivity contribution in [3.63, 3.8) is 0 Å². The standard InChI is InChI=1S/C16H12ClFN2OS/c1-2-20-13-8-7-10(17)9-14(13)22-16(20)19-15(21)11-5-3-4-6-12(11)18/h3-9H,2H2,1H3. The third-order valence-corrected chi connectivity index (χ3v) is 4.54. The average Bonchev–Trinajstić information content (AvgIpc) is 2.83. The number of carbonyl (C=O) groups excluding carboxylic acids is 1. The molecule has 3 rings (SSSR count). The summed E-state index contributed by atoms with van der Waals surface area (Å²) in [6, 6.07) is 11.4. The van der Waals surface area contributed by atoms with Crippen LogP contribution in [0.5, 0.6) is 0 Å². The number of rotatable bonds is 2. The zero-order valence-corrected chi connectivity index (χ0v) is 13.3. The molecule has 0 aliphatic carbocycles. The van der Waals surface area contributed by atoms with Gasteiger partial charge in [0.1, 0.15) is 5.82 Å². The summed E-state index contributed by atoms with van der Waals surface area (Å²) in [5.74, 6) is -1.15. The summed E-state index contributed by atoms with van der Waals surface area (Å²) >= 11 is 7.36. The van der Waals surface area contributed by atoms with Gasteiger partial charge in [0.25, 0.3) is 5.91 Å². The van der Waals surface area contributed by atoms with Gasteiger partial charge in [-0.15, -0.1) is 0 Å². The Hall–Kier alpha value is -1.98. The van der Waals surface area contributed by atoms with E-state index in [2.05, 4.69) is 4.99 Å². The number of aryl methyl sites for hydroxylation is 1. The highest BCUT2D eigenvalue weighted by Crippen LogP contribution is 2.22. The Morgan fingerprint density at radius 3 is 2.82 bits per heavy atom. The number of hydrogen-bond acceptors (Lipinski definition) is 2. The highest BCUT2D eigenvalue weighted by atomic mass is 35.5. The lowest BCUT2D eigenvalue weighted by Gasteiger charge is -2.00. The second-order valence-corrected chi connectivity index (χ2v) is 6.08. The van der Waals surface area contributed by atoms with Crippen LogP contribution in [-0.4, -0.2) is 10.5 Å². The third kappa shape index (κ3) is 2.69. The summed E-state index contributed by atoms with van der Waals surface area (Å²) < 4.78 is 16.5. The molecule has 2 aromatic carbocycles. The van der Waals surface area contributed by atoms with Gasteiger partial charge in [0.15, 0.2) is 4.80 Å². The van der Waals surface area contributed by atoms with Crippen LogP contribution in [0.4, 0.5) is 4.39 Å². The third-order valence-electron chi connectivity index (χ3n) is 3.26. The highest BCUT2D eigenvalue weighted by Gasteiger charge is 2.11. The topological polar surface area (TPSA) is 34.4 Å². The maximum Gasteiger partial charge on any atom is 0.282 e. The number of hydrogen-bond donors (Lipinski definition) is 0. The molecule has 0 fully saturated rings. The molecule has 0 saturated heterocycles. The molecule has 0 aliphatic rings. The molecular formula is C16H12ClFN2OS. The first-order chi connectivity index (χ1) is 10.6. The Kier molecular flexibility index (Phi) is 4.09. The number of amides is 1. The van der Waals surface area contributed by atoms with Gasteiger partial charge in [-0.3, -0.25) is 4.79 Å². The number of nitrogens with zero attached hydrogens (tertiary/aromatic N) is 2. The second kappa shape index (κ2) is 6.02. The molecule has 6 heteroatoms. The fourth-order valence-corrected chi connectivity index (χ4v) is 3.59. The van der Waals surface area contributed by atoms with Crippen molar-refractivity contribution in [3.8, 4) is 0 Å². The number of carbonyl (C=O) groups is 1. The number of thiazole rings is 1. The van der Waals surface area contributed by atoms with Crippen molar-refractivity contribution in [2.75, 3.05) is 0 Å². The number of benzene rings is 2. The van der Waals surface area contributed by atoms with Crippen LogP contribution >= 0.6 is 22.9 Å². The van der Waals surface area contributed by atoms with Gasteiger partial charge < -0.3 is 4.57 Å². The van der Waals surface area contributed by atoms with Crippen molar-refractivity contribution in [2.24, 2.45) is 4.99 Å². The van der Waals surface area contributed by atoms with Gasteiger partial charge in [-0.05, 0) is 37.3 Å². The monoisotopic (exact) mass is 334 g/mol. The molecule has 3 nitrogen and oxygen atoms in total. The van der Waals surface area contributed by atoms with Gasteiger partial charge in [-0.25, -0.2) is 4.39 Å². The van der Waals surface area contributed by atoms with Crippen LogP contribution in [0.1, 0.15) is 17.3 Å². The summed E-state index contributed by atoms with van der Waals surface area (Å²) in [6.45, 7) is 2.62. The predicted octanol–water partition coefficient (Wildman–Crippen LogP) is 4.26. The van der Waals surface area contributed by atoms with Crippen molar-refractivity contribution < 1.29 is 9.18 Å². The van der Waals surface area contributed by atoms with Crippen LogP contribution in [0.25, 0.3) is 10.2 Å². The SMILES string of the molecule is CCn1c(=NC(=O)c2ccccc2F)sc2cc(Cl)ccc21. The molecular weight excluding hydrogens is 323 g/mol. The highest BCUT2D eigenvalue weighted by molar-refractivity contribution is 7.16. The molecule has 0 unspecified atom stereocenters. The molecule has 1 amide bonds. The maximum absolute atomic E-state index is 13.7. The molecule has 1 heterocycles. The van der Waals surface area contributed by atoms with Crippen LogP contribution in [0.3, 0.4) is 0 Å². The van der Waals surface area contributed by atoms with Crippen molar-refractivity contribution in [1.82, 2.24) is 4.57 Å². The fourth-order valence-electron chi connectivity index (χ4n) is 2.22. The van der Waals surface area contributed by atoms with Crippen molar-refractivity contribution in [1.29, 1.82) is 0 Å². The summed E-state index contributed by atoms with van der Waals surface area (Å²) in [7, 11) is 0. The van der Waals surface area contributed by atoms with Crippen molar-refractivity contribution >= 4 is 39.1 Å². The Morgan fingerprint density at radius 1 is 1.32 bits per heavy atom. The van der Waals surface area contributed by atoms with Crippen molar-refractivity contribution in [2.45, 2.75) is 13.5 Å². The second-order valence-electron chi connectivity index (χ2n) is 4.64. The lowest BCUT2D eigenvalue weighted by molar-refractivity contribution is 0.0994. The van der Waals surface area contributed by atoms with Gasteiger partial charge in [0, 0.05) is 11.6 Å². The number of halogens is 2. The Bertz CT molecular complexity index is 929. The largest absolute Gasteiger partial charge is 0.317 e. The molecule has 22 heavy (non-hydrogen) atoms. The van der Waals surface area contributed by atoms with E-state index >= 15 is 0 Å². The first kappa shape index (κ1) is 14.9. The fraction of sp³-hybridized carbons (Fsp3) is 0.125. The summed E-state index contributed by atoms with van der Waals surface area (Å²) in [6.07, 6.45) is 0. The first-order valence-electron chi connectivity index (χ1n) is 6.72. The Morgan fingerprint density at radius 2 is 2.09 bits per heavy atom. The minimum Gasteiger partial charge on any atom is -0.317 e. The lowest BCUT2D eigenvalue weighted by atomic mass is 10.2. The lowest BCUT2D eigenvalue weighted by Crippen LogP contribution is -2.16. The summed E-state index contributed by atoms with van der Waals surface area (Å²) in [4.78, 5) is 16.8. The number of fused-ring (bicyclic) bond motifs is 1. The normalized spacial score (nSPS) is 12.0. The molecule has 0 saturated carbocycles.